The molecule has 0 saturated carbocycles. The molecule has 0 aliphatic rings. The van der Waals surface area contributed by atoms with E-state index in [1.54, 1.807) is 12.3 Å². The van der Waals surface area contributed by atoms with E-state index in [-0.39, 0.29) is 5.91 Å². The Hall–Kier alpha value is -2.95. The van der Waals surface area contributed by atoms with Gasteiger partial charge in [-0.2, -0.15) is 5.10 Å². The molecule has 3 rings (SSSR count). The van der Waals surface area contributed by atoms with Gasteiger partial charge in [0.1, 0.15) is 11.4 Å². The zero-order valence-corrected chi connectivity index (χ0v) is 12.4. The maximum atomic E-state index is 12.3. The third-order valence-corrected chi connectivity index (χ3v) is 3.23. The molecule has 0 atom stereocenters. The first-order valence-electron chi connectivity index (χ1n) is 6.98. The standard InChI is InChI=1S/C17H16N4O/c1-11-7-12(2)9-13(8-11)19-17(22)16-10-15(20-21-16)14-5-3-4-6-18-14/h3-10H,1-2H3,(H,19,22)(H,20,21). The summed E-state index contributed by atoms with van der Waals surface area (Å²) >= 11 is 0. The molecule has 1 amide bonds. The van der Waals surface area contributed by atoms with Crippen LogP contribution in [-0.2, 0) is 0 Å². The summed E-state index contributed by atoms with van der Waals surface area (Å²) in [5.74, 6) is -0.223. The average Bonchev–Trinajstić information content (AvgIpc) is 2.97. The molecule has 0 fully saturated rings. The zero-order chi connectivity index (χ0) is 15.5. The number of aryl methyl sites for hydroxylation is 2. The summed E-state index contributed by atoms with van der Waals surface area (Å²) in [6, 6.07) is 13.2. The van der Waals surface area contributed by atoms with Crippen LogP contribution in [0.1, 0.15) is 21.6 Å². The lowest BCUT2D eigenvalue weighted by molar-refractivity contribution is 0.102. The van der Waals surface area contributed by atoms with Crippen molar-refractivity contribution in [3.05, 3.63) is 65.5 Å². The molecule has 22 heavy (non-hydrogen) atoms. The molecule has 0 spiro atoms. The first kappa shape index (κ1) is 14.0. The number of H-pyrrole nitrogens is 1. The van der Waals surface area contributed by atoms with Gasteiger partial charge < -0.3 is 5.32 Å². The maximum absolute atomic E-state index is 12.3. The summed E-state index contributed by atoms with van der Waals surface area (Å²) in [4.78, 5) is 16.5. The van der Waals surface area contributed by atoms with Crippen molar-refractivity contribution in [2.45, 2.75) is 13.8 Å². The van der Waals surface area contributed by atoms with Crippen LogP contribution in [0.25, 0.3) is 11.4 Å². The van der Waals surface area contributed by atoms with Gasteiger partial charge in [0.15, 0.2) is 0 Å². The Balaban J connectivity index is 1.80. The van der Waals surface area contributed by atoms with E-state index in [1.807, 2.05) is 44.2 Å². The van der Waals surface area contributed by atoms with Gasteiger partial charge in [-0.3, -0.25) is 14.9 Å². The van der Waals surface area contributed by atoms with E-state index in [2.05, 4.69) is 26.6 Å². The Morgan fingerprint density at radius 3 is 2.50 bits per heavy atom. The molecule has 110 valence electrons. The van der Waals surface area contributed by atoms with Crippen LogP contribution in [0.15, 0.2) is 48.7 Å². The van der Waals surface area contributed by atoms with E-state index in [1.165, 1.54) is 0 Å². The van der Waals surface area contributed by atoms with Gasteiger partial charge in [0.05, 0.1) is 5.69 Å². The number of amides is 1. The minimum Gasteiger partial charge on any atom is -0.321 e. The molecule has 2 heterocycles. The average molecular weight is 292 g/mol. The van der Waals surface area contributed by atoms with E-state index in [0.717, 1.165) is 22.5 Å². The number of aromatic amines is 1. The molecule has 2 aromatic heterocycles. The van der Waals surface area contributed by atoms with Gasteiger partial charge in [0, 0.05) is 11.9 Å². The predicted molar refractivity (Wildman–Crippen MR) is 85.7 cm³/mol. The third-order valence-electron chi connectivity index (χ3n) is 3.23. The highest BCUT2D eigenvalue weighted by molar-refractivity contribution is 6.03. The number of nitrogens with one attached hydrogen (secondary N) is 2. The van der Waals surface area contributed by atoms with Crippen molar-refractivity contribution in [2.75, 3.05) is 5.32 Å². The van der Waals surface area contributed by atoms with Gasteiger partial charge in [0.2, 0.25) is 0 Å². The first-order chi connectivity index (χ1) is 10.6. The summed E-state index contributed by atoms with van der Waals surface area (Å²) in [6.45, 7) is 4.00. The van der Waals surface area contributed by atoms with Crippen molar-refractivity contribution >= 4 is 11.6 Å². The van der Waals surface area contributed by atoms with Gasteiger partial charge in [-0.1, -0.05) is 12.1 Å². The van der Waals surface area contributed by atoms with Crippen molar-refractivity contribution in [1.29, 1.82) is 0 Å². The minimum atomic E-state index is -0.223. The number of nitrogens with zero attached hydrogens (tertiary/aromatic N) is 2. The lowest BCUT2D eigenvalue weighted by atomic mass is 10.1. The molecule has 0 aliphatic heterocycles. The molecule has 1 aromatic carbocycles. The van der Waals surface area contributed by atoms with Crippen molar-refractivity contribution in [3.63, 3.8) is 0 Å². The number of anilines is 1. The van der Waals surface area contributed by atoms with Gasteiger partial charge in [-0.25, -0.2) is 0 Å². The van der Waals surface area contributed by atoms with Crippen LogP contribution in [0.3, 0.4) is 0 Å². The Morgan fingerprint density at radius 2 is 1.82 bits per heavy atom. The fourth-order valence-corrected chi connectivity index (χ4v) is 2.33. The van der Waals surface area contributed by atoms with Gasteiger partial charge in [-0.05, 0) is 55.3 Å². The van der Waals surface area contributed by atoms with Gasteiger partial charge in [-0.15, -0.1) is 0 Å². The zero-order valence-electron chi connectivity index (χ0n) is 12.4. The third kappa shape index (κ3) is 3.03. The smallest absolute Gasteiger partial charge is 0.273 e. The number of aromatic nitrogens is 3. The molecule has 5 heteroatoms. The Labute approximate surface area is 128 Å². The number of carbonyl (C=O) groups excluding carboxylic acids is 1. The minimum absolute atomic E-state index is 0.223. The first-order valence-corrected chi connectivity index (χ1v) is 6.98. The van der Waals surface area contributed by atoms with Gasteiger partial charge in [0.25, 0.3) is 5.91 Å². The summed E-state index contributed by atoms with van der Waals surface area (Å²) < 4.78 is 0. The quantitative estimate of drug-likeness (QED) is 0.777. The van der Waals surface area contributed by atoms with Crippen LogP contribution in [0.2, 0.25) is 0 Å². The van der Waals surface area contributed by atoms with Crippen LogP contribution in [0.4, 0.5) is 5.69 Å². The van der Waals surface area contributed by atoms with Crippen LogP contribution >= 0.6 is 0 Å². The van der Waals surface area contributed by atoms with Crippen molar-refractivity contribution < 1.29 is 4.79 Å². The number of hydrogen-bond acceptors (Lipinski definition) is 3. The summed E-state index contributed by atoms with van der Waals surface area (Å²) in [7, 11) is 0. The van der Waals surface area contributed by atoms with Crippen molar-refractivity contribution in [3.8, 4) is 11.4 Å². The van der Waals surface area contributed by atoms with Crippen molar-refractivity contribution in [2.24, 2.45) is 0 Å². The van der Waals surface area contributed by atoms with E-state index < -0.39 is 0 Å². The van der Waals surface area contributed by atoms with E-state index >= 15 is 0 Å². The molecule has 5 nitrogen and oxygen atoms in total. The normalized spacial score (nSPS) is 10.5. The molecule has 0 radical (unpaired) electrons. The lowest BCUT2D eigenvalue weighted by Crippen LogP contribution is -2.12. The number of benzene rings is 1. The summed E-state index contributed by atoms with van der Waals surface area (Å²) in [5.41, 5.74) is 4.76. The number of pyridine rings is 1. The van der Waals surface area contributed by atoms with Crippen LogP contribution in [0, 0.1) is 13.8 Å². The second-order valence-electron chi connectivity index (χ2n) is 5.21. The molecular formula is C17H16N4O. The number of hydrogen-bond donors (Lipinski definition) is 2. The molecular weight excluding hydrogens is 276 g/mol. The summed E-state index contributed by atoms with van der Waals surface area (Å²) in [5, 5.41) is 9.76. The van der Waals surface area contributed by atoms with E-state index in [0.29, 0.717) is 11.4 Å². The summed E-state index contributed by atoms with van der Waals surface area (Å²) in [6.07, 6.45) is 1.69. The van der Waals surface area contributed by atoms with E-state index in [9.17, 15) is 4.79 Å². The molecule has 3 aromatic rings. The second-order valence-corrected chi connectivity index (χ2v) is 5.21. The highest BCUT2D eigenvalue weighted by Crippen LogP contribution is 2.17. The number of carbonyl (C=O) groups is 1. The largest absolute Gasteiger partial charge is 0.321 e. The monoisotopic (exact) mass is 292 g/mol. The Bertz CT molecular complexity index is 788. The lowest BCUT2D eigenvalue weighted by Gasteiger charge is -2.06. The molecule has 0 bridgehead atoms. The highest BCUT2D eigenvalue weighted by atomic mass is 16.1. The fraction of sp³-hybridized carbons (Fsp3) is 0.118. The Kier molecular flexibility index (Phi) is 3.70. The fourth-order valence-electron chi connectivity index (χ4n) is 2.33. The predicted octanol–water partition coefficient (Wildman–Crippen LogP) is 3.34. The Morgan fingerprint density at radius 1 is 1.05 bits per heavy atom. The molecule has 0 aliphatic carbocycles. The van der Waals surface area contributed by atoms with Crippen LogP contribution in [-0.4, -0.2) is 21.1 Å². The number of rotatable bonds is 3. The maximum Gasteiger partial charge on any atom is 0.273 e. The van der Waals surface area contributed by atoms with Crippen LogP contribution in [0.5, 0.6) is 0 Å². The SMILES string of the molecule is Cc1cc(C)cc(NC(=O)c2cc(-c3ccccn3)n[nH]2)c1. The molecule has 0 unspecified atom stereocenters. The highest BCUT2D eigenvalue weighted by Gasteiger charge is 2.12. The topological polar surface area (TPSA) is 70.7 Å². The van der Waals surface area contributed by atoms with Crippen molar-refractivity contribution in [1.82, 2.24) is 15.2 Å². The molecule has 2 N–H and O–H groups in total. The van der Waals surface area contributed by atoms with Gasteiger partial charge >= 0.3 is 0 Å². The molecule has 0 saturated heterocycles. The van der Waals surface area contributed by atoms with E-state index in [4.69, 9.17) is 0 Å². The van der Waals surface area contributed by atoms with Crippen LogP contribution < -0.4 is 5.32 Å². The second kappa shape index (κ2) is 5.81.